The van der Waals surface area contributed by atoms with Crippen molar-refractivity contribution < 1.29 is 14.6 Å². The largest absolute Gasteiger partial charge is 0.503 e. The number of aliphatic hydroxyl groups excluding tert-OH is 1. The van der Waals surface area contributed by atoms with Gasteiger partial charge in [0.2, 0.25) is 0 Å². The molecule has 0 bridgehead atoms. The number of hydrogen-bond donors (Lipinski definition) is 1. The van der Waals surface area contributed by atoms with E-state index in [1.54, 1.807) is 12.0 Å². The summed E-state index contributed by atoms with van der Waals surface area (Å²) >= 11 is 0. The maximum absolute atomic E-state index is 13.2. The van der Waals surface area contributed by atoms with Crippen LogP contribution in [0.15, 0.2) is 78.6 Å². The molecule has 4 nitrogen and oxygen atoms in total. The Labute approximate surface area is 183 Å². The van der Waals surface area contributed by atoms with Crippen LogP contribution in [0.5, 0.6) is 5.75 Å². The van der Waals surface area contributed by atoms with Crippen LogP contribution in [0.1, 0.15) is 40.8 Å². The van der Waals surface area contributed by atoms with E-state index in [4.69, 9.17) is 4.74 Å². The summed E-state index contributed by atoms with van der Waals surface area (Å²) in [6.07, 6.45) is 0.948. The molecule has 0 unspecified atom stereocenters. The number of carbonyl (C=O) groups is 1. The molecule has 0 radical (unpaired) electrons. The van der Waals surface area contributed by atoms with Crippen molar-refractivity contribution in [3.05, 3.63) is 106 Å². The minimum atomic E-state index is -0.368. The molecule has 0 aromatic heterocycles. The van der Waals surface area contributed by atoms with Crippen LogP contribution in [-0.4, -0.2) is 23.0 Å². The Hall–Kier alpha value is -3.53. The van der Waals surface area contributed by atoms with Gasteiger partial charge in [-0.2, -0.15) is 0 Å². The van der Waals surface area contributed by atoms with Crippen molar-refractivity contribution in [2.45, 2.75) is 32.9 Å². The van der Waals surface area contributed by atoms with Crippen LogP contribution >= 0.6 is 0 Å². The highest BCUT2D eigenvalue weighted by Gasteiger charge is 2.41. The number of methoxy groups -OCH3 is 1. The van der Waals surface area contributed by atoms with Gasteiger partial charge in [-0.25, -0.2) is 0 Å². The molecule has 0 spiro atoms. The maximum atomic E-state index is 13.2. The van der Waals surface area contributed by atoms with Gasteiger partial charge in [0.25, 0.3) is 5.91 Å². The zero-order valence-electron chi connectivity index (χ0n) is 18.1. The molecule has 31 heavy (non-hydrogen) atoms. The third kappa shape index (κ3) is 4.06. The number of carbonyl (C=O) groups excluding carboxylic acids is 1. The number of nitrogens with zero attached hydrogens (tertiary/aromatic N) is 1. The quantitative estimate of drug-likeness (QED) is 0.571. The van der Waals surface area contributed by atoms with Crippen molar-refractivity contribution >= 4 is 11.5 Å². The normalized spacial score (nSPS) is 16.2. The van der Waals surface area contributed by atoms with E-state index in [0.29, 0.717) is 12.1 Å². The fourth-order valence-electron chi connectivity index (χ4n) is 4.09. The topological polar surface area (TPSA) is 49.8 Å². The van der Waals surface area contributed by atoms with Crippen molar-refractivity contribution in [1.82, 2.24) is 4.90 Å². The number of ether oxygens (including phenoxy) is 1. The highest BCUT2D eigenvalue weighted by molar-refractivity contribution is 6.05. The molecule has 1 atom stereocenters. The first kappa shape index (κ1) is 20.7. The Morgan fingerprint density at radius 2 is 1.68 bits per heavy atom. The van der Waals surface area contributed by atoms with Gasteiger partial charge in [-0.1, -0.05) is 73.2 Å². The van der Waals surface area contributed by atoms with Crippen molar-refractivity contribution in [3.8, 4) is 5.75 Å². The van der Waals surface area contributed by atoms with Crippen LogP contribution in [0.3, 0.4) is 0 Å². The predicted molar refractivity (Wildman–Crippen MR) is 123 cm³/mol. The molecule has 4 heteroatoms. The smallest absolute Gasteiger partial charge is 0.290 e. The molecule has 158 valence electrons. The second kappa shape index (κ2) is 8.68. The van der Waals surface area contributed by atoms with Gasteiger partial charge in [0.1, 0.15) is 5.75 Å². The Morgan fingerprint density at radius 1 is 0.968 bits per heavy atom. The summed E-state index contributed by atoms with van der Waals surface area (Å²) in [5.74, 6) is 0.197. The molecule has 4 rings (SSSR count). The van der Waals surface area contributed by atoms with Gasteiger partial charge in [-0.15, -0.1) is 0 Å². The van der Waals surface area contributed by atoms with E-state index in [0.717, 1.165) is 34.4 Å². The van der Waals surface area contributed by atoms with Crippen molar-refractivity contribution in [3.63, 3.8) is 0 Å². The predicted octanol–water partition coefficient (Wildman–Crippen LogP) is 5.62. The lowest BCUT2D eigenvalue weighted by atomic mass is 9.92. The van der Waals surface area contributed by atoms with Gasteiger partial charge in [-0.3, -0.25) is 4.79 Å². The highest BCUT2D eigenvalue weighted by Crippen LogP contribution is 2.44. The van der Waals surface area contributed by atoms with Gasteiger partial charge in [0.05, 0.1) is 13.2 Å². The van der Waals surface area contributed by atoms with Crippen LogP contribution in [0, 0.1) is 6.92 Å². The molecule has 3 aromatic carbocycles. The van der Waals surface area contributed by atoms with Gasteiger partial charge >= 0.3 is 0 Å². The average molecular weight is 414 g/mol. The number of aryl methyl sites for hydroxylation is 2. The molecule has 0 saturated carbocycles. The van der Waals surface area contributed by atoms with Gasteiger partial charge in [0.15, 0.2) is 5.76 Å². The molecule has 1 aliphatic heterocycles. The van der Waals surface area contributed by atoms with Crippen LogP contribution in [0.25, 0.3) is 5.57 Å². The zero-order chi connectivity index (χ0) is 22.0. The Balaban J connectivity index is 1.79. The number of aliphatic hydroxyl groups is 1. The second-order valence-corrected chi connectivity index (χ2v) is 7.91. The van der Waals surface area contributed by atoms with Crippen LogP contribution in [-0.2, 0) is 17.8 Å². The molecule has 1 amide bonds. The first-order valence-corrected chi connectivity index (χ1v) is 10.5. The molecule has 1 N–H and O–H groups in total. The fourth-order valence-corrected chi connectivity index (χ4v) is 4.09. The van der Waals surface area contributed by atoms with E-state index in [1.165, 1.54) is 5.56 Å². The monoisotopic (exact) mass is 413 g/mol. The highest BCUT2D eigenvalue weighted by atomic mass is 16.5. The lowest BCUT2D eigenvalue weighted by Crippen LogP contribution is -2.29. The summed E-state index contributed by atoms with van der Waals surface area (Å²) in [6.45, 7) is 4.51. The first-order chi connectivity index (χ1) is 15.0. The molecule has 1 aliphatic rings. The minimum absolute atomic E-state index is 0.184. The zero-order valence-corrected chi connectivity index (χ0v) is 18.1. The van der Waals surface area contributed by atoms with Gasteiger partial charge in [-0.05, 0) is 47.7 Å². The van der Waals surface area contributed by atoms with E-state index < -0.39 is 0 Å². The third-order valence-corrected chi connectivity index (χ3v) is 5.86. The lowest BCUT2D eigenvalue weighted by Gasteiger charge is -2.28. The number of benzene rings is 3. The Morgan fingerprint density at radius 3 is 2.32 bits per heavy atom. The van der Waals surface area contributed by atoms with E-state index in [9.17, 15) is 9.90 Å². The van der Waals surface area contributed by atoms with Crippen molar-refractivity contribution in [1.29, 1.82) is 0 Å². The van der Waals surface area contributed by atoms with Crippen molar-refractivity contribution in [2.24, 2.45) is 0 Å². The average Bonchev–Trinajstić information content (AvgIpc) is 3.05. The fraction of sp³-hybridized carbons (Fsp3) is 0.222. The molecule has 3 aromatic rings. The molecular formula is C27H27NO3. The Kier molecular flexibility index (Phi) is 5.81. The van der Waals surface area contributed by atoms with Crippen LogP contribution < -0.4 is 4.74 Å². The van der Waals surface area contributed by atoms with Gasteiger partial charge < -0.3 is 14.7 Å². The summed E-state index contributed by atoms with van der Waals surface area (Å²) in [7, 11) is 1.63. The van der Waals surface area contributed by atoms with Crippen LogP contribution in [0.2, 0.25) is 0 Å². The lowest BCUT2D eigenvalue weighted by molar-refractivity contribution is -0.130. The third-order valence-electron chi connectivity index (χ3n) is 5.86. The standard InChI is InChI=1S/C27H27NO3/c1-4-19-10-14-22(15-11-19)25-24(21-12-8-18(2)9-13-21)26(29)27(30)28(25)17-20-6-5-7-23(16-20)31-3/h5-16,25,29H,4,17H2,1-3H3/t25-/m1/s1. The number of amides is 1. The molecule has 1 heterocycles. The molecule has 0 fully saturated rings. The minimum Gasteiger partial charge on any atom is -0.503 e. The summed E-state index contributed by atoms with van der Waals surface area (Å²) in [6, 6.07) is 23.5. The summed E-state index contributed by atoms with van der Waals surface area (Å²) < 4.78 is 5.34. The molecule has 0 aliphatic carbocycles. The van der Waals surface area contributed by atoms with Crippen molar-refractivity contribution in [2.75, 3.05) is 7.11 Å². The van der Waals surface area contributed by atoms with E-state index in [2.05, 4.69) is 31.2 Å². The number of rotatable bonds is 6. The van der Waals surface area contributed by atoms with Gasteiger partial charge in [0, 0.05) is 12.1 Å². The second-order valence-electron chi connectivity index (χ2n) is 7.91. The Bertz CT molecular complexity index is 1110. The summed E-state index contributed by atoms with van der Waals surface area (Å²) in [5.41, 5.74) is 5.79. The van der Waals surface area contributed by atoms with E-state index >= 15 is 0 Å². The van der Waals surface area contributed by atoms with E-state index in [1.807, 2.05) is 55.5 Å². The number of hydrogen-bond acceptors (Lipinski definition) is 3. The van der Waals surface area contributed by atoms with E-state index in [-0.39, 0.29) is 17.7 Å². The SMILES string of the molecule is CCc1ccc([C@@H]2C(c3ccc(C)cc3)=C(O)C(=O)N2Cc2cccc(OC)c2)cc1. The molecular weight excluding hydrogens is 386 g/mol. The maximum Gasteiger partial charge on any atom is 0.290 e. The summed E-state index contributed by atoms with van der Waals surface area (Å²) in [4.78, 5) is 14.9. The summed E-state index contributed by atoms with van der Waals surface area (Å²) in [5, 5.41) is 10.9. The first-order valence-electron chi connectivity index (χ1n) is 10.5. The molecule has 0 saturated heterocycles. The van der Waals surface area contributed by atoms with Crippen LogP contribution in [0.4, 0.5) is 0 Å².